The molecule has 10 heteroatoms. The van der Waals surface area contributed by atoms with Crippen molar-refractivity contribution in [1.82, 2.24) is 4.90 Å². The van der Waals surface area contributed by atoms with Gasteiger partial charge in [0.1, 0.15) is 37.1 Å². The number of ether oxygens (including phenoxy) is 3. The zero-order valence-electron chi connectivity index (χ0n) is 32.1. The predicted octanol–water partition coefficient (Wildman–Crippen LogP) is 8.10. The first-order valence-electron chi connectivity index (χ1n) is 20.1. The van der Waals surface area contributed by atoms with Crippen LogP contribution < -0.4 is 9.47 Å². The first-order chi connectivity index (χ1) is 26.3. The zero-order valence-corrected chi connectivity index (χ0v) is 32.1. The molecule has 1 amide bonds. The van der Waals surface area contributed by atoms with Crippen molar-refractivity contribution in [2.75, 3.05) is 34.0 Å². The number of aliphatic hydroxyl groups is 2. The number of halogens is 1. The predicted molar refractivity (Wildman–Crippen MR) is 207 cm³/mol. The molecule has 6 atom stereocenters. The van der Waals surface area contributed by atoms with E-state index >= 15 is 0 Å². The highest BCUT2D eigenvalue weighted by Gasteiger charge is 2.65. The van der Waals surface area contributed by atoms with Crippen LogP contribution in [0.1, 0.15) is 101 Å². The largest absolute Gasteiger partial charge is 0.489 e. The molecule has 54 heavy (non-hydrogen) atoms. The molecule has 3 aliphatic carbocycles. The molecular formula is C44H59FN2O7. The number of aliphatic hydroxyl groups excluding tert-OH is 2. The smallest absolute Gasteiger partial charge is 0.239 e. The number of carbonyl (C=O) groups excluding carboxylic acids is 1. The third-order valence-corrected chi connectivity index (χ3v) is 12.3. The topological polar surface area (TPSA) is 110 Å². The van der Waals surface area contributed by atoms with Crippen molar-refractivity contribution in [3.8, 4) is 11.5 Å². The Morgan fingerprint density at radius 2 is 1.83 bits per heavy atom. The van der Waals surface area contributed by atoms with Crippen LogP contribution in [0, 0.1) is 29.5 Å². The van der Waals surface area contributed by atoms with Crippen molar-refractivity contribution in [1.29, 1.82) is 0 Å². The molecule has 294 valence electrons. The summed E-state index contributed by atoms with van der Waals surface area (Å²) >= 11 is 0. The lowest BCUT2D eigenvalue weighted by atomic mass is 9.55. The molecular weight excluding hydrogens is 687 g/mol. The Morgan fingerprint density at radius 3 is 2.56 bits per heavy atom. The van der Waals surface area contributed by atoms with E-state index in [4.69, 9.17) is 19.0 Å². The number of unbranched alkanes of at least 4 members (excludes halogenated alkanes) is 2. The molecule has 2 saturated carbocycles. The molecule has 0 aromatic heterocycles. The third kappa shape index (κ3) is 8.56. The van der Waals surface area contributed by atoms with E-state index in [-0.39, 0.29) is 61.8 Å². The van der Waals surface area contributed by atoms with E-state index in [1.807, 2.05) is 30.1 Å². The molecule has 2 aromatic carbocycles. The standard InChI is InChI=1S/C44H59FN2O7/c1-4-25-53-44-40(47(2)41(50)22-19-30-13-5-6-14-30)28-38(46-51-3)35-26-31(15-9-11-23-48)34(17-10-12-24-49)42(43(35)44)36-27-33(20-21-39(36)54-44)52-29-32-16-7-8-18-37(32)45/h4,7-8,16,18,20-21,26-27,30-31,34,40,42-43,48-49H,1,5-6,9-15,17,19,22-25,28-29H2,2-3H3/t31-,34+,40-,42+,43+,44+/m0/s1. The fraction of sp³-hybridized carbons (Fsp3) is 0.591. The highest BCUT2D eigenvalue weighted by atomic mass is 19.1. The normalized spacial score (nSPS) is 26.7. The Hall–Kier alpha value is -3.73. The molecule has 0 bridgehead atoms. The Labute approximate surface area is 320 Å². The van der Waals surface area contributed by atoms with Gasteiger partial charge in [-0.05, 0) is 79.7 Å². The SMILES string of the molecule is C=CCO[C@@]12Oc3ccc(OCc4ccccc4F)cc3[C@H]3[C@H](CCCCO)[C@@H](CCCCO)C=C(C(=NOC)C[C@@H]1N(C)C(=O)CCC1CCCC1)[C@H]32. The van der Waals surface area contributed by atoms with Gasteiger partial charge >= 0.3 is 0 Å². The van der Waals surface area contributed by atoms with Gasteiger partial charge in [-0.25, -0.2) is 4.39 Å². The van der Waals surface area contributed by atoms with Crippen LogP contribution >= 0.6 is 0 Å². The molecule has 2 N–H and O–H groups in total. The lowest BCUT2D eigenvalue weighted by Gasteiger charge is -2.59. The Morgan fingerprint density at radius 1 is 1.07 bits per heavy atom. The fourth-order valence-corrected chi connectivity index (χ4v) is 9.68. The second-order valence-electron chi connectivity index (χ2n) is 15.5. The first kappa shape index (κ1) is 39.9. The Bertz CT molecular complexity index is 1640. The zero-order chi connectivity index (χ0) is 38.1. The van der Waals surface area contributed by atoms with Crippen molar-refractivity contribution in [2.45, 2.75) is 108 Å². The quantitative estimate of drug-likeness (QED) is 0.0850. The number of fused-ring (bicyclic) bond motifs is 2. The first-order valence-corrected chi connectivity index (χ1v) is 20.1. The van der Waals surface area contributed by atoms with Crippen molar-refractivity contribution >= 4 is 11.6 Å². The van der Waals surface area contributed by atoms with E-state index in [0.29, 0.717) is 48.7 Å². The molecule has 2 aromatic rings. The number of carbonyl (C=O) groups is 1. The average Bonchev–Trinajstić information content (AvgIpc) is 3.71. The minimum absolute atomic E-state index is 0.0534. The maximum absolute atomic E-state index is 14.6. The van der Waals surface area contributed by atoms with E-state index in [1.165, 1.54) is 31.7 Å². The maximum atomic E-state index is 14.6. The third-order valence-electron chi connectivity index (χ3n) is 12.3. The summed E-state index contributed by atoms with van der Waals surface area (Å²) in [5.74, 6) is -0.00570. The minimum Gasteiger partial charge on any atom is -0.489 e. The van der Waals surface area contributed by atoms with Crippen molar-refractivity contribution in [2.24, 2.45) is 28.8 Å². The van der Waals surface area contributed by atoms with Gasteiger partial charge in [0.15, 0.2) is 0 Å². The van der Waals surface area contributed by atoms with E-state index in [2.05, 4.69) is 17.8 Å². The number of hydrogen-bond acceptors (Lipinski definition) is 8. The van der Waals surface area contributed by atoms with E-state index in [1.54, 1.807) is 31.4 Å². The number of benzene rings is 2. The highest BCUT2D eigenvalue weighted by Crippen LogP contribution is 2.61. The number of amides is 1. The second-order valence-corrected chi connectivity index (χ2v) is 15.5. The van der Waals surface area contributed by atoms with Gasteiger partial charge in [-0.15, -0.1) is 6.58 Å². The van der Waals surface area contributed by atoms with Crippen LogP contribution in [0.3, 0.4) is 0 Å². The number of likely N-dealkylation sites (N-methyl/N-ethyl adjacent to an activating group) is 1. The molecule has 1 aliphatic heterocycles. The van der Waals surface area contributed by atoms with Crippen LogP contribution in [-0.4, -0.2) is 72.5 Å². The number of rotatable bonds is 19. The van der Waals surface area contributed by atoms with Crippen molar-refractivity contribution in [3.63, 3.8) is 0 Å². The molecule has 0 spiro atoms. The summed E-state index contributed by atoms with van der Waals surface area (Å²) in [5.41, 5.74) is 3.19. The fourth-order valence-electron chi connectivity index (χ4n) is 9.68. The van der Waals surface area contributed by atoms with Crippen molar-refractivity contribution in [3.05, 3.63) is 83.7 Å². The Kier molecular flexibility index (Phi) is 13.9. The van der Waals surface area contributed by atoms with Crippen LogP contribution in [0.15, 0.2) is 71.9 Å². The van der Waals surface area contributed by atoms with E-state index < -0.39 is 11.8 Å². The lowest BCUT2D eigenvalue weighted by Crippen LogP contribution is -2.69. The van der Waals surface area contributed by atoms with E-state index in [0.717, 1.165) is 49.0 Å². The van der Waals surface area contributed by atoms with Gasteiger partial charge in [-0.1, -0.05) is 74.0 Å². The van der Waals surface area contributed by atoms with Gasteiger partial charge in [0.25, 0.3) is 0 Å². The highest BCUT2D eigenvalue weighted by molar-refractivity contribution is 6.03. The van der Waals surface area contributed by atoms with Gasteiger partial charge in [0.2, 0.25) is 11.7 Å². The molecule has 9 nitrogen and oxygen atoms in total. The van der Waals surface area contributed by atoms with Gasteiger partial charge in [-0.3, -0.25) is 4.79 Å². The summed E-state index contributed by atoms with van der Waals surface area (Å²) in [5, 5.41) is 24.2. The molecule has 6 rings (SSSR count). The van der Waals surface area contributed by atoms with Crippen LogP contribution in [-0.2, 0) is 21.0 Å². The lowest BCUT2D eigenvalue weighted by molar-refractivity contribution is -0.255. The van der Waals surface area contributed by atoms with Gasteiger partial charge < -0.3 is 34.2 Å². The van der Waals surface area contributed by atoms with E-state index in [9.17, 15) is 19.4 Å². The summed E-state index contributed by atoms with van der Waals surface area (Å²) in [6, 6.07) is 11.9. The average molecular weight is 747 g/mol. The Balaban J connectivity index is 1.48. The molecule has 0 radical (unpaired) electrons. The number of allylic oxidation sites excluding steroid dienone is 1. The molecule has 0 unspecified atom stereocenters. The second kappa shape index (κ2) is 18.7. The monoisotopic (exact) mass is 746 g/mol. The molecule has 1 heterocycles. The van der Waals surface area contributed by atoms with Crippen LogP contribution in [0.5, 0.6) is 11.5 Å². The maximum Gasteiger partial charge on any atom is 0.239 e. The van der Waals surface area contributed by atoms with Crippen molar-refractivity contribution < 1.29 is 38.4 Å². The summed E-state index contributed by atoms with van der Waals surface area (Å²) in [4.78, 5) is 21.5. The summed E-state index contributed by atoms with van der Waals surface area (Å²) < 4.78 is 35.0. The number of oxime groups is 1. The number of hydrogen-bond donors (Lipinski definition) is 2. The van der Waals surface area contributed by atoms with Crippen LogP contribution in [0.2, 0.25) is 0 Å². The molecule has 2 fully saturated rings. The molecule has 4 aliphatic rings. The van der Waals surface area contributed by atoms with Gasteiger partial charge in [0, 0.05) is 50.1 Å². The van der Waals surface area contributed by atoms with Crippen LogP contribution in [0.25, 0.3) is 0 Å². The summed E-state index contributed by atoms with van der Waals surface area (Å²) in [6.07, 6.45) is 15.3. The molecule has 0 saturated heterocycles. The minimum atomic E-state index is -1.27. The summed E-state index contributed by atoms with van der Waals surface area (Å²) in [7, 11) is 3.42. The number of nitrogens with zero attached hydrogens (tertiary/aromatic N) is 2. The van der Waals surface area contributed by atoms with Crippen LogP contribution in [0.4, 0.5) is 4.39 Å². The van der Waals surface area contributed by atoms with Gasteiger partial charge in [-0.2, -0.15) is 0 Å². The summed E-state index contributed by atoms with van der Waals surface area (Å²) in [6.45, 7) is 4.51. The van der Waals surface area contributed by atoms with Gasteiger partial charge in [0.05, 0.1) is 18.2 Å².